The minimum Gasteiger partial charge on any atom is -0.481 e. The largest absolute Gasteiger partial charge is 0.481 e. The quantitative estimate of drug-likeness (QED) is 0.448. The van der Waals surface area contributed by atoms with E-state index in [9.17, 15) is 19.5 Å². The number of carboxylic acid groups (broad SMARTS) is 2. The maximum atomic E-state index is 12.9. The number of nitrogens with two attached hydrogens (primary N) is 1. The maximum absolute atomic E-state index is 12.9. The number of aromatic amines is 1. The van der Waals surface area contributed by atoms with Crippen LogP contribution in [-0.2, 0) is 14.4 Å². The summed E-state index contributed by atoms with van der Waals surface area (Å²) >= 11 is 0. The van der Waals surface area contributed by atoms with Gasteiger partial charge in [-0.2, -0.15) is 0 Å². The van der Waals surface area contributed by atoms with Crippen LogP contribution in [0.5, 0.6) is 0 Å². The predicted molar refractivity (Wildman–Crippen MR) is 91.4 cm³/mol. The van der Waals surface area contributed by atoms with E-state index in [2.05, 4.69) is 10.3 Å². The van der Waals surface area contributed by atoms with Crippen molar-refractivity contribution < 1.29 is 24.6 Å². The monoisotopic (exact) mass is 347 g/mol. The van der Waals surface area contributed by atoms with E-state index >= 15 is 0 Å². The van der Waals surface area contributed by atoms with Gasteiger partial charge in [0, 0.05) is 23.5 Å². The summed E-state index contributed by atoms with van der Waals surface area (Å²) in [6.07, 6.45) is 1.29. The van der Waals surface area contributed by atoms with Crippen molar-refractivity contribution in [2.75, 3.05) is 7.05 Å². The Morgan fingerprint density at radius 2 is 1.92 bits per heavy atom. The summed E-state index contributed by atoms with van der Waals surface area (Å²) in [5.74, 6) is -3.79. The first-order valence-electron chi connectivity index (χ1n) is 7.84. The number of carboxylic acids is 2. The summed E-state index contributed by atoms with van der Waals surface area (Å²) in [6.45, 7) is 0. The number of aromatic nitrogens is 1. The highest BCUT2D eigenvalue weighted by Gasteiger charge is 2.37. The average molecular weight is 347 g/mol. The molecule has 8 nitrogen and oxygen atoms in total. The van der Waals surface area contributed by atoms with Crippen LogP contribution in [0.2, 0.25) is 0 Å². The number of rotatable bonds is 9. The number of hydrogen-bond acceptors (Lipinski definition) is 5. The van der Waals surface area contributed by atoms with Gasteiger partial charge < -0.3 is 26.2 Å². The molecule has 2 rings (SSSR count). The number of carbonyl (C=O) groups excluding carboxylic acids is 1. The van der Waals surface area contributed by atoms with Crippen molar-refractivity contribution in [2.24, 2.45) is 5.73 Å². The molecular formula is C17H21N3O5. The molecule has 25 heavy (non-hydrogen) atoms. The first kappa shape index (κ1) is 18.6. The van der Waals surface area contributed by atoms with E-state index in [0.717, 1.165) is 10.9 Å². The van der Waals surface area contributed by atoms with Gasteiger partial charge in [-0.25, -0.2) is 0 Å². The van der Waals surface area contributed by atoms with Crippen molar-refractivity contribution in [3.05, 3.63) is 36.0 Å². The normalized spacial score (nSPS) is 14.8. The van der Waals surface area contributed by atoms with Gasteiger partial charge in [0.25, 0.3) is 0 Å². The molecule has 0 aliphatic carbocycles. The first-order valence-corrected chi connectivity index (χ1v) is 7.84. The Balaban J connectivity index is 2.44. The molecule has 1 heterocycles. The molecule has 1 unspecified atom stereocenters. The molecule has 0 bridgehead atoms. The van der Waals surface area contributed by atoms with Crippen molar-refractivity contribution in [3.63, 3.8) is 0 Å². The Bertz CT molecular complexity index is 785. The first-order chi connectivity index (χ1) is 11.9. The van der Waals surface area contributed by atoms with Gasteiger partial charge in [-0.1, -0.05) is 18.2 Å². The Morgan fingerprint density at radius 3 is 2.52 bits per heavy atom. The van der Waals surface area contributed by atoms with Crippen molar-refractivity contribution in [3.8, 4) is 0 Å². The minimum absolute atomic E-state index is 0.0525. The molecule has 134 valence electrons. The molecule has 0 saturated carbocycles. The van der Waals surface area contributed by atoms with E-state index in [1.165, 1.54) is 7.05 Å². The summed E-state index contributed by atoms with van der Waals surface area (Å²) in [5.41, 5.74) is 7.16. The third kappa shape index (κ3) is 4.04. The topological polar surface area (TPSA) is 146 Å². The summed E-state index contributed by atoms with van der Waals surface area (Å²) in [6, 6.07) is 4.98. The molecule has 0 aliphatic rings. The summed E-state index contributed by atoms with van der Waals surface area (Å²) in [7, 11) is 1.46. The van der Waals surface area contributed by atoms with Gasteiger partial charge in [-0.15, -0.1) is 0 Å². The Labute approximate surface area is 144 Å². The molecule has 0 aliphatic heterocycles. The van der Waals surface area contributed by atoms with Crippen LogP contribution in [0.1, 0.15) is 24.3 Å². The lowest BCUT2D eigenvalue weighted by atomic mass is 9.83. The van der Waals surface area contributed by atoms with Crippen LogP contribution in [0.15, 0.2) is 30.5 Å². The number of fused-ring (bicyclic) bond motifs is 1. The van der Waals surface area contributed by atoms with Crippen LogP contribution >= 0.6 is 0 Å². The fourth-order valence-electron chi connectivity index (χ4n) is 2.93. The number of aliphatic carboxylic acids is 2. The third-order valence-electron chi connectivity index (χ3n) is 4.21. The molecule has 6 N–H and O–H groups in total. The second kappa shape index (κ2) is 7.91. The smallest absolute Gasteiger partial charge is 0.321 e. The van der Waals surface area contributed by atoms with Crippen molar-refractivity contribution in [1.29, 1.82) is 0 Å². The highest BCUT2D eigenvalue weighted by molar-refractivity contribution is 5.99. The number of hydrogen-bond donors (Lipinski definition) is 5. The number of benzene rings is 1. The van der Waals surface area contributed by atoms with E-state index in [4.69, 9.17) is 10.8 Å². The lowest BCUT2D eigenvalue weighted by Gasteiger charge is -2.25. The second-order valence-electron chi connectivity index (χ2n) is 5.81. The minimum atomic E-state index is -1.18. The van der Waals surface area contributed by atoms with Gasteiger partial charge >= 0.3 is 11.9 Å². The molecule has 1 aromatic heterocycles. The Morgan fingerprint density at radius 1 is 1.24 bits per heavy atom. The lowest BCUT2D eigenvalue weighted by Crippen LogP contribution is -2.47. The van der Waals surface area contributed by atoms with Crippen LogP contribution in [0.25, 0.3) is 10.9 Å². The van der Waals surface area contributed by atoms with E-state index < -0.39 is 35.7 Å². The number of likely N-dealkylation sites (N-methyl/N-ethyl adjacent to an activating group) is 1. The SMILES string of the molecule is CN[C@H](C(=O)O)C(C(=O)[C@@H](N)CCC(=O)O)c1c[nH]c2ccccc12. The van der Waals surface area contributed by atoms with E-state index in [1.54, 1.807) is 18.3 Å². The fraction of sp³-hybridized carbons (Fsp3) is 0.353. The van der Waals surface area contributed by atoms with Crippen LogP contribution in [0.3, 0.4) is 0 Å². The average Bonchev–Trinajstić information content (AvgIpc) is 3.00. The highest BCUT2D eigenvalue weighted by atomic mass is 16.4. The van der Waals surface area contributed by atoms with Gasteiger partial charge in [-0.05, 0) is 25.1 Å². The van der Waals surface area contributed by atoms with Gasteiger partial charge in [0.05, 0.1) is 12.0 Å². The van der Waals surface area contributed by atoms with Gasteiger partial charge in [0.1, 0.15) is 6.04 Å². The van der Waals surface area contributed by atoms with Crippen LogP contribution in [-0.4, -0.2) is 52.1 Å². The fourth-order valence-corrected chi connectivity index (χ4v) is 2.93. The summed E-state index contributed by atoms with van der Waals surface area (Å²) < 4.78 is 0. The van der Waals surface area contributed by atoms with Gasteiger partial charge in [0.15, 0.2) is 5.78 Å². The van der Waals surface area contributed by atoms with E-state index in [0.29, 0.717) is 5.56 Å². The maximum Gasteiger partial charge on any atom is 0.321 e. The number of nitrogens with one attached hydrogen (secondary N) is 2. The molecule has 0 saturated heterocycles. The number of H-pyrrole nitrogens is 1. The Hall–Kier alpha value is -2.71. The molecule has 0 fully saturated rings. The van der Waals surface area contributed by atoms with Crippen molar-refractivity contribution >= 4 is 28.6 Å². The Kier molecular flexibility index (Phi) is 5.89. The van der Waals surface area contributed by atoms with Crippen molar-refractivity contribution in [2.45, 2.75) is 30.8 Å². The zero-order chi connectivity index (χ0) is 18.6. The molecule has 0 radical (unpaired) electrons. The summed E-state index contributed by atoms with van der Waals surface area (Å²) in [4.78, 5) is 38.2. The molecular weight excluding hydrogens is 326 g/mol. The van der Waals surface area contributed by atoms with Crippen LogP contribution in [0, 0.1) is 0 Å². The predicted octanol–water partition coefficient (Wildman–Crippen LogP) is 0.685. The number of para-hydroxylation sites is 1. The van der Waals surface area contributed by atoms with E-state index in [-0.39, 0.29) is 12.8 Å². The number of ketones is 1. The highest BCUT2D eigenvalue weighted by Crippen LogP contribution is 2.30. The van der Waals surface area contributed by atoms with Gasteiger partial charge in [0.2, 0.25) is 0 Å². The van der Waals surface area contributed by atoms with E-state index in [1.807, 2.05) is 12.1 Å². The molecule has 0 amide bonds. The second-order valence-corrected chi connectivity index (χ2v) is 5.81. The molecule has 8 heteroatoms. The zero-order valence-electron chi connectivity index (χ0n) is 13.7. The molecule has 1 aromatic carbocycles. The van der Waals surface area contributed by atoms with Crippen LogP contribution < -0.4 is 11.1 Å². The molecule has 0 spiro atoms. The lowest BCUT2D eigenvalue weighted by molar-refractivity contribution is -0.142. The standard InChI is InChI=1S/C17H21N3O5/c1-19-15(17(24)25)14(16(23)11(18)6-7-13(21)22)10-8-20-12-5-3-2-4-9(10)12/h2-5,8,11,14-15,19-20H,6-7,18H2,1H3,(H,21,22)(H,24,25)/t11-,14?,15-/m0/s1. The third-order valence-corrected chi connectivity index (χ3v) is 4.21. The van der Waals surface area contributed by atoms with Crippen molar-refractivity contribution in [1.82, 2.24) is 10.3 Å². The van der Waals surface area contributed by atoms with Gasteiger partial charge in [-0.3, -0.25) is 14.4 Å². The summed E-state index contributed by atoms with van der Waals surface area (Å²) in [5, 5.41) is 21.7. The number of carbonyl (C=O) groups is 3. The zero-order valence-corrected chi connectivity index (χ0v) is 13.7. The van der Waals surface area contributed by atoms with Crippen LogP contribution in [0.4, 0.5) is 0 Å². The number of Topliss-reactive ketones (excluding diaryl/α,β-unsaturated/α-hetero) is 1. The molecule has 3 atom stereocenters. The molecule has 2 aromatic rings.